The molecule has 73 heavy (non-hydrogen) atoms. The van der Waals surface area contributed by atoms with Gasteiger partial charge in [0.1, 0.15) is 30.2 Å². The first-order valence-electron chi connectivity index (χ1n) is 23.9. The second kappa shape index (κ2) is 29.7. The van der Waals surface area contributed by atoms with Gasteiger partial charge in [0, 0.05) is 38.9 Å². The molecule has 0 aliphatic rings. The van der Waals surface area contributed by atoms with E-state index in [-0.39, 0.29) is 70.1 Å². The highest BCUT2D eigenvalue weighted by molar-refractivity contribution is 5.97. The van der Waals surface area contributed by atoms with Gasteiger partial charge in [0.05, 0.1) is 19.7 Å². The van der Waals surface area contributed by atoms with Crippen molar-refractivity contribution in [3.05, 3.63) is 179 Å². The lowest BCUT2D eigenvalue weighted by Gasteiger charge is -2.30. The van der Waals surface area contributed by atoms with Crippen LogP contribution < -0.4 is 49.1 Å². The van der Waals surface area contributed by atoms with Crippen molar-refractivity contribution in [1.29, 1.82) is 0 Å². The molecule has 0 saturated heterocycles. The number of carbonyl (C=O) groups excluding carboxylic acids is 7. The van der Waals surface area contributed by atoms with Crippen LogP contribution in [0, 0.1) is 0 Å². The van der Waals surface area contributed by atoms with Crippen molar-refractivity contribution in [2.75, 3.05) is 26.2 Å². The Hall–Kier alpha value is -8.42. The van der Waals surface area contributed by atoms with Gasteiger partial charge in [-0.1, -0.05) is 152 Å². The molecule has 19 nitrogen and oxygen atoms in total. The maximum Gasteiger partial charge on any atom is 0.246 e. The molecule has 5 rings (SSSR count). The molecule has 19 heteroatoms. The maximum atomic E-state index is 14.9. The highest BCUT2D eigenvalue weighted by Gasteiger charge is 2.34. The largest absolute Gasteiger partial charge is 0.394 e. The van der Waals surface area contributed by atoms with Crippen molar-refractivity contribution < 1.29 is 38.7 Å². The molecule has 13 N–H and O–H groups in total. The molecule has 384 valence electrons. The number of aliphatic hydroxyl groups is 1. The Morgan fingerprint density at radius 3 is 1.29 bits per heavy atom. The van der Waals surface area contributed by atoms with E-state index >= 15 is 0 Å². The van der Waals surface area contributed by atoms with Crippen LogP contribution in [0.1, 0.15) is 40.7 Å². The summed E-state index contributed by atoms with van der Waals surface area (Å²) in [4.78, 5) is 102. The van der Waals surface area contributed by atoms with E-state index in [0.29, 0.717) is 11.1 Å². The second-order valence-corrected chi connectivity index (χ2v) is 17.2. The SMILES string of the molecule is NCC(=O)NCC(=O)N[C@@H](Cc1ccccc1)C(=O)N[C@@H](CO)C(=O)N[C@@H](Cc1ccccc1)C(=O)N[C@@H](CCCN=C(N)N)C(=O)N[C@@H](Cc1ccccc1)C(=O)N(Cc1ccccc1)Cc1ccccc1. The molecule has 0 aliphatic heterocycles. The smallest absolute Gasteiger partial charge is 0.246 e. The third-order valence-electron chi connectivity index (χ3n) is 11.5. The van der Waals surface area contributed by atoms with E-state index in [1.807, 2.05) is 91.0 Å². The zero-order valence-corrected chi connectivity index (χ0v) is 40.5. The van der Waals surface area contributed by atoms with E-state index in [2.05, 4.69) is 36.9 Å². The fourth-order valence-corrected chi connectivity index (χ4v) is 7.76. The molecule has 0 aliphatic carbocycles. The predicted molar refractivity (Wildman–Crippen MR) is 276 cm³/mol. The molecule has 5 aromatic carbocycles. The van der Waals surface area contributed by atoms with Gasteiger partial charge >= 0.3 is 0 Å². The standard InChI is InChI=1S/C54H65N11O8/c55-32-47(67)59-33-48(68)60-43(29-37-17-6-1-7-18-37)50(70)64-46(36-66)52(72)62-44(30-38-19-8-2-9-20-38)51(71)61-42(27-16-28-58-54(56)57)49(69)63-45(31-39-21-10-3-11-22-39)53(73)65(34-40-23-12-4-13-24-40)35-41-25-14-5-15-26-41/h1-15,17-26,42-46,66H,16,27-36,55H2,(H,59,67)(H,60,68)(H,61,71)(H,62,72)(H,63,69)(H,64,70)(H4,56,57,58)/t42-,43-,44-,45-,46-/m0/s1. The summed E-state index contributed by atoms with van der Waals surface area (Å²) in [6.07, 6.45) is 0.226. The first kappa shape index (κ1) is 55.5. The highest BCUT2D eigenvalue weighted by atomic mass is 16.3. The number of nitrogens with two attached hydrogens (primary N) is 3. The van der Waals surface area contributed by atoms with Crippen molar-refractivity contribution in [2.24, 2.45) is 22.2 Å². The average molecular weight is 996 g/mol. The van der Waals surface area contributed by atoms with E-state index in [0.717, 1.165) is 16.7 Å². The predicted octanol–water partition coefficient (Wildman–Crippen LogP) is 0.488. The molecule has 0 radical (unpaired) electrons. The van der Waals surface area contributed by atoms with E-state index in [1.54, 1.807) is 65.6 Å². The fourth-order valence-electron chi connectivity index (χ4n) is 7.76. The monoisotopic (exact) mass is 996 g/mol. The zero-order valence-electron chi connectivity index (χ0n) is 40.5. The second-order valence-electron chi connectivity index (χ2n) is 17.2. The lowest BCUT2D eigenvalue weighted by molar-refractivity contribution is -0.138. The maximum absolute atomic E-state index is 14.9. The van der Waals surface area contributed by atoms with Crippen LogP contribution in [0.3, 0.4) is 0 Å². The quantitative estimate of drug-likeness (QED) is 0.0187. The molecule has 0 unspecified atom stereocenters. The molecule has 0 aromatic heterocycles. The first-order valence-corrected chi connectivity index (χ1v) is 23.9. The topological polar surface area (TPSA) is 306 Å². The van der Waals surface area contributed by atoms with Gasteiger partial charge in [-0.05, 0) is 40.7 Å². The van der Waals surface area contributed by atoms with Gasteiger partial charge in [-0.2, -0.15) is 0 Å². The summed E-state index contributed by atoms with van der Waals surface area (Å²) in [6.45, 7) is -1.16. The third kappa shape index (κ3) is 19.4. The van der Waals surface area contributed by atoms with Crippen molar-refractivity contribution >= 4 is 47.3 Å². The molecule has 7 amide bonds. The molecule has 0 saturated carbocycles. The molecule has 0 heterocycles. The summed E-state index contributed by atoms with van der Waals surface area (Å²) in [6, 6.07) is 39.0. The van der Waals surface area contributed by atoms with Crippen LogP contribution in [0.25, 0.3) is 0 Å². The number of hydrogen-bond donors (Lipinski definition) is 10. The van der Waals surface area contributed by atoms with Crippen molar-refractivity contribution in [2.45, 2.75) is 75.4 Å². The van der Waals surface area contributed by atoms with Crippen LogP contribution in [0.2, 0.25) is 0 Å². The first-order chi connectivity index (χ1) is 35.3. The minimum atomic E-state index is -1.62. The molecule has 0 bridgehead atoms. The Kier molecular flexibility index (Phi) is 22.6. The van der Waals surface area contributed by atoms with E-state index in [4.69, 9.17) is 17.2 Å². The normalized spacial score (nSPS) is 12.8. The number of hydrogen-bond acceptors (Lipinski definition) is 10. The van der Waals surface area contributed by atoms with Crippen LogP contribution in [-0.2, 0) is 65.9 Å². The van der Waals surface area contributed by atoms with Crippen LogP contribution >= 0.6 is 0 Å². The Balaban J connectivity index is 1.40. The molecule has 0 spiro atoms. The van der Waals surface area contributed by atoms with Crippen LogP contribution in [-0.4, -0.2) is 114 Å². The van der Waals surface area contributed by atoms with Crippen molar-refractivity contribution in [3.8, 4) is 0 Å². The number of aliphatic imine (C=N–C) groups is 1. The van der Waals surface area contributed by atoms with Gasteiger partial charge in [0.2, 0.25) is 41.4 Å². The lowest BCUT2D eigenvalue weighted by atomic mass is 10.0. The summed E-state index contributed by atoms with van der Waals surface area (Å²) in [5.74, 6) is -5.13. The average Bonchev–Trinajstić information content (AvgIpc) is 3.40. The number of guanidine groups is 1. The van der Waals surface area contributed by atoms with Crippen LogP contribution in [0.15, 0.2) is 157 Å². The Bertz CT molecular complexity index is 2530. The number of rotatable bonds is 28. The van der Waals surface area contributed by atoms with Crippen molar-refractivity contribution in [3.63, 3.8) is 0 Å². The lowest BCUT2D eigenvalue weighted by Crippen LogP contribution is -2.60. The number of amides is 7. The Morgan fingerprint density at radius 1 is 0.479 bits per heavy atom. The van der Waals surface area contributed by atoms with E-state index in [1.165, 1.54) is 0 Å². The fraction of sp³-hybridized carbons (Fsp3) is 0.296. The summed E-state index contributed by atoms with van der Waals surface area (Å²) < 4.78 is 0. The van der Waals surface area contributed by atoms with Gasteiger partial charge in [-0.25, -0.2) is 0 Å². The third-order valence-corrected chi connectivity index (χ3v) is 11.5. The summed E-state index contributed by atoms with van der Waals surface area (Å²) in [7, 11) is 0. The van der Waals surface area contributed by atoms with Gasteiger partial charge < -0.3 is 59.1 Å². The molecule has 5 aromatic rings. The van der Waals surface area contributed by atoms with Crippen LogP contribution in [0.5, 0.6) is 0 Å². The van der Waals surface area contributed by atoms with Crippen LogP contribution in [0.4, 0.5) is 0 Å². The van der Waals surface area contributed by atoms with E-state index in [9.17, 15) is 38.7 Å². The minimum absolute atomic E-state index is 0.00406. The summed E-state index contributed by atoms with van der Waals surface area (Å²) >= 11 is 0. The number of benzene rings is 5. The molecular weight excluding hydrogens is 931 g/mol. The number of nitrogens with one attached hydrogen (secondary N) is 6. The summed E-state index contributed by atoms with van der Waals surface area (Å²) in [5.41, 5.74) is 20.3. The molecule has 5 atom stereocenters. The van der Waals surface area contributed by atoms with E-state index < -0.39 is 78.8 Å². The number of aliphatic hydroxyl groups excluding tert-OH is 1. The molecular formula is C54H65N11O8. The Morgan fingerprint density at radius 2 is 0.849 bits per heavy atom. The van der Waals surface area contributed by atoms with Gasteiger partial charge in [-0.15, -0.1) is 0 Å². The van der Waals surface area contributed by atoms with Crippen molar-refractivity contribution in [1.82, 2.24) is 36.8 Å². The van der Waals surface area contributed by atoms with Gasteiger partial charge in [-0.3, -0.25) is 38.6 Å². The number of carbonyl (C=O) groups is 7. The Labute approximate surface area is 424 Å². The molecule has 0 fully saturated rings. The number of nitrogens with zero attached hydrogens (tertiary/aromatic N) is 2. The summed E-state index contributed by atoms with van der Waals surface area (Å²) in [5, 5.41) is 26.3. The van der Waals surface area contributed by atoms with Gasteiger partial charge in [0.25, 0.3) is 0 Å². The highest BCUT2D eigenvalue weighted by Crippen LogP contribution is 2.16. The minimum Gasteiger partial charge on any atom is -0.394 e. The van der Waals surface area contributed by atoms with Gasteiger partial charge in [0.15, 0.2) is 5.96 Å². The zero-order chi connectivity index (χ0) is 52.4.